The first-order chi connectivity index (χ1) is 9.80. The minimum atomic E-state index is -0.971. The number of ether oxygens (including phenoxy) is 3. The van der Waals surface area contributed by atoms with E-state index in [0.29, 0.717) is 19.8 Å². The van der Waals surface area contributed by atoms with Gasteiger partial charge in [0.2, 0.25) is 0 Å². The first-order valence-electron chi connectivity index (χ1n) is 7.15. The van der Waals surface area contributed by atoms with E-state index in [1.165, 1.54) is 13.0 Å². The van der Waals surface area contributed by atoms with Crippen LogP contribution in [0.25, 0.3) is 0 Å². The number of carbonyl (C=O) groups is 1. The van der Waals surface area contributed by atoms with Gasteiger partial charge >= 0.3 is 5.97 Å². The van der Waals surface area contributed by atoms with Crippen LogP contribution in [0.4, 0.5) is 0 Å². The molecule has 0 aliphatic carbocycles. The summed E-state index contributed by atoms with van der Waals surface area (Å²) in [6.07, 6.45) is 1.33. The fourth-order valence-electron chi connectivity index (χ4n) is 1.61. The van der Waals surface area contributed by atoms with Crippen molar-refractivity contribution in [3.8, 4) is 0 Å². The first-order valence-corrected chi connectivity index (χ1v) is 7.15. The molecule has 6 nitrogen and oxygen atoms in total. The van der Waals surface area contributed by atoms with Crippen LogP contribution in [0.2, 0.25) is 0 Å². The summed E-state index contributed by atoms with van der Waals surface area (Å²) in [6, 6.07) is 0. The van der Waals surface area contributed by atoms with Gasteiger partial charge in [-0.15, -0.1) is 0 Å². The highest BCUT2D eigenvalue weighted by molar-refractivity contribution is 5.85. The summed E-state index contributed by atoms with van der Waals surface area (Å²) in [6.45, 7) is 8.18. The molecule has 0 saturated carbocycles. The van der Waals surface area contributed by atoms with E-state index in [1.807, 2.05) is 13.8 Å². The lowest BCUT2D eigenvalue weighted by Crippen LogP contribution is -2.28. The molecule has 1 aliphatic heterocycles. The Hall–Kier alpha value is -0.950. The number of hydrogen-bond donors (Lipinski definition) is 2. The maximum atomic E-state index is 10.6. The highest BCUT2D eigenvalue weighted by Gasteiger charge is 2.25. The van der Waals surface area contributed by atoms with Crippen molar-refractivity contribution in [2.45, 2.75) is 39.4 Å². The highest BCUT2D eigenvalue weighted by Crippen LogP contribution is 2.18. The Morgan fingerprint density at radius 1 is 1.43 bits per heavy atom. The molecule has 0 bridgehead atoms. The molecule has 1 saturated heterocycles. The predicted molar refractivity (Wildman–Crippen MR) is 77.2 cm³/mol. The quantitative estimate of drug-likeness (QED) is 0.441. The number of aliphatic carboxylic acids is 1. The molecule has 1 rings (SSSR count). The molecule has 0 aromatic heterocycles. The third-order valence-electron chi connectivity index (χ3n) is 3.04. The molecule has 0 amide bonds. The van der Waals surface area contributed by atoms with E-state index >= 15 is 0 Å². The van der Waals surface area contributed by atoms with Crippen LogP contribution in [0.15, 0.2) is 11.6 Å². The third kappa shape index (κ3) is 8.83. The van der Waals surface area contributed by atoms with Crippen LogP contribution in [-0.4, -0.2) is 61.4 Å². The zero-order chi connectivity index (χ0) is 15.9. The molecule has 21 heavy (non-hydrogen) atoms. The average Bonchev–Trinajstić information content (AvgIpc) is 3.19. The summed E-state index contributed by atoms with van der Waals surface area (Å²) < 4.78 is 16.1. The molecule has 122 valence electrons. The summed E-state index contributed by atoms with van der Waals surface area (Å²) in [7, 11) is 0. The second-order valence-corrected chi connectivity index (χ2v) is 6.23. The summed E-state index contributed by atoms with van der Waals surface area (Å²) in [4.78, 5) is 10.6. The first kappa shape index (κ1) is 18.1. The summed E-state index contributed by atoms with van der Waals surface area (Å²) in [5, 5.41) is 18.4. The topological polar surface area (TPSA) is 88.5 Å². The third-order valence-corrected chi connectivity index (χ3v) is 3.04. The minimum Gasteiger partial charge on any atom is -0.478 e. The largest absolute Gasteiger partial charge is 0.478 e. The lowest BCUT2D eigenvalue weighted by atomic mass is 9.96. The van der Waals surface area contributed by atoms with E-state index in [4.69, 9.17) is 19.3 Å². The van der Waals surface area contributed by atoms with Gasteiger partial charge < -0.3 is 24.4 Å². The molecule has 0 aromatic rings. The van der Waals surface area contributed by atoms with Gasteiger partial charge in [0.25, 0.3) is 0 Å². The van der Waals surface area contributed by atoms with Crippen molar-refractivity contribution in [2.24, 2.45) is 5.41 Å². The van der Waals surface area contributed by atoms with Crippen LogP contribution >= 0.6 is 0 Å². The Morgan fingerprint density at radius 3 is 2.62 bits per heavy atom. The van der Waals surface area contributed by atoms with E-state index in [2.05, 4.69) is 0 Å². The monoisotopic (exact) mass is 302 g/mol. The summed E-state index contributed by atoms with van der Waals surface area (Å²) >= 11 is 0. The molecule has 2 unspecified atom stereocenters. The van der Waals surface area contributed by atoms with Crippen molar-refractivity contribution in [1.82, 2.24) is 0 Å². The molecule has 2 N–H and O–H groups in total. The van der Waals surface area contributed by atoms with Gasteiger partial charge in [0.05, 0.1) is 39.1 Å². The lowest BCUT2D eigenvalue weighted by molar-refractivity contribution is -0.132. The van der Waals surface area contributed by atoms with Crippen LogP contribution in [-0.2, 0) is 19.0 Å². The van der Waals surface area contributed by atoms with Gasteiger partial charge in [-0.1, -0.05) is 19.9 Å². The Kier molecular flexibility index (Phi) is 7.31. The van der Waals surface area contributed by atoms with Crippen LogP contribution in [0.1, 0.15) is 27.2 Å². The number of hydrogen-bond acceptors (Lipinski definition) is 5. The van der Waals surface area contributed by atoms with Gasteiger partial charge in [-0.3, -0.25) is 0 Å². The smallest absolute Gasteiger partial charge is 0.330 e. The van der Waals surface area contributed by atoms with Gasteiger partial charge in [0, 0.05) is 11.0 Å². The molecule has 0 radical (unpaired) electrons. The van der Waals surface area contributed by atoms with Crippen LogP contribution in [0, 0.1) is 5.41 Å². The number of carboxylic acids is 1. The molecular formula is C15H26O6. The maximum Gasteiger partial charge on any atom is 0.330 e. The maximum absolute atomic E-state index is 10.6. The van der Waals surface area contributed by atoms with Gasteiger partial charge in [0.15, 0.2) is 0 Å². The Balaban J connectivity index is 2.12. The van der Waals surface area contributed by atoms with Crippen LogP contribution in [0.5, 0.6) is 0 Å². The van der Waals surface area contributed by atoms with Crippen molar-refractivity contribution in [3.63, 3.8) is 0 Å². The van der Waals surface area contributed by atoms with Crippen molar-refractivity contribution in [1.29, 1.82) is 0 Å². The van der Waals surface area contributed by atoms with E-state index in [-0.39, 0.29) is 30.1 Å². The van der Waals surface area contributed by atoms with Gasteiger partial charge in [-0.05, 0) is 13.3 Å². The van der Waals surface area contributed by atoms with Crippen LogP contribution in [0.3, 0.4) is 0 Å². The Morgan fingerprint density at radius 2 is 2.05 bits per heavy atom. The number of rotatable bonds is 11. The number of epoxide rings is 1. The standard InChI is InChI=1S/C15H26O6/c1-11(14(17)18)4-5-12(16)6-19-9-15(2,3)10-20-7-13-8-21-13/h4,12-13,16H,5-10H2,1-3H3,(H,17,18). The number of carboxylic acid groups (broad SMARTS) is 1. The normalized spacial score (nSPS) is 20.4. The second kappa shape index (κ2) is 8.48. The molecular weight excluding hydrogens is 276 g/mol. The Bertz CT molecular complexity index is 359. The molecule has 1 heterocycles. The fourth-order valence-corrected chi connectivity index (χ4v) is 1.61. The van der Waals surface area contributed by atoms with Gasteiger partial charge in [-0.2, -0.15) is 0 Å². The van der Waals surface area contributed by atoms with E-state index in [0.717, 1.165) is 6.61 Å². The molecule has 1 fully saturated rings. The van der Waals surface area contributed by atoms with Crippen molar-refractivity contribution in [2.75, 3.05) is 33.0 Å². The molecule has 0 spiro atoms. The summed E-state index contributed by atoms with van der Waals surface area (Å²) in [5.74, 6) is -0.971. The highest BCUT2D eigenvalue weighted by atomic mass is 16.6. The summed E-state index contributed by atoms with van der Waals surface area (Å²) in [5.41, 5.74) is 0.0895. The lowest BCUT2D eigenvalue weighted by Gasteiger charge is -2.24. The molecule has 6 heteroatoms. The molecule has 1 aliphatic rings. The van der Waals surface area contributed by atoms with Gasteiger partial charge in [-0.25, -0.2) is 4.79 Å². The van der Waals surface area contributed by atoms with E-state index < -0.39 is 12.1 Å². The van der Waals surface area contributed by atoms with Crippen molar-refractivity contribution in [3.05, 3.63) is 11.6 Å². The average molecular weight is 302 g/mol. The Labute approximate surface area is 125 Å². The van der Waals surface area contributed by atoms with E-state index in [9.17, 15) is 9.90 Å². The van der Waals surface area contributed by atoms with Crippen LogP contribution < -0.4 is 0 Å². The zero-order valence-corrected chi connectivity index (χ0v) is 13.0. The predicted octanol–water partition coefficient (Wildman–Crippen LogP) is 1.23. The minimum absolute atomic E-state index is 0.137. The van der Waals surface area contributed by atoms with Crippen molar-refractivity contribution >= 4 is 5.97 Å². The second-order valence-electron chi connectivity index (χ2n) is 6.23. The molecule has 2 atom stereocenters. The number of aliphatic hydroxyl groups is 1. The molecule has 0 aromatic carbocycles. The van der Waals surface area contributed by atoms with Crippen molar-refractivity contribution < 1.29 is 29.2 Å². The number of aliphatic hydroxyl groups excluding tert-OH is 1. The SMILES string of the molecule is CC(=CCC(O)COCC(C)(C)COCC1CO1)C(=O)O. The van der Waals surface area contributed by atoms with E-state index in [1.54, 1.807) is 0 Å². The van der Waals surface area contributed by atoms with Gasteiger partial charge in [0.1, 0.15) is 6.10 Å². The fraction of sp³-hybridized carbons (Fsp3) is 0.800. The zero-order valence-electron chi connectivity index (χ0n) is 13.0.